The summed E-state index contributed by atoms with van der Waals surface area (Å²) in [5.74, 6) is 2.46. The minimum absolute atomic E-state index is 0. The van der Waals surface area contributed by atoms with E-state index < -0.39 is 5.60 Å². The number of furan rings is 2. The number of epoxide rings is 1. The number of carbonyl (C=O) groups is 2. The topological polar surface area (TPSA) is 129 Å². The first-order chi connectivity index (χ1) is 29.1. The number of benzene rings is 2. The van der Waals surface area contributed by atoms with Crippen molar-refractivity contribution in [3.05, 3.63) is 71.2 Å². The van der Waals surface area contributed by atoms with Gasteiger partial charge in [-0.25, -0.2) is 0 Å². The van der Waals surface area contributed by atoms with Crippen LogP contribution in [0.15, 0.2) is 57.4 Å². The van der Waals surface area contributed by atoms with Gasteiger partial charge in [0.2, 0.25) is 0 Å². The van der Waals surface area contributed by atoms with Crippen molar-refractivity contribution in [1.29, 1.82) is 0 Å². The highest BCUT2D eigenvalue weighted by atomic mass is 16.6. The van der Waals surface area contributed by atoms with Gasteiger partial charge in [-0.3, -0.25) is 19.4 Å². The Labute approximate surface area is 395 Å². The maximum atomic E-state index is 12.6. The Morgan fingerprint density at radius 2 is 0.969 bits per heavy atom. The SMILES string of the molecule is C.CC1(C)CO1.CO.COCC(C)(C)O.Cc1c(C(C)N(C)CC(=O)CC(C)(C)C(C)(C)C)oc2ccccc12.Cc1c(C(C)N(C)CC(=O)CC(C)(C)C(C)(C)C)oc2ccccc12. The maximum Gasteiger partial charge on any atom is 0.147 e. The Balaban J connectivity index is 0.000000962. The van der Waals surface area contributed by atoms with E-state index in [0.29, 0.717) is 32.5 Å². The standard InChI is InChI=1S/2C22H33NO2.C5H12O2.C4H8O.CH4O.CH4/c2*1-15-18-11-9-10-12-19(18)25-20(15)16(2)23(8)14-17(24)13-22(6,7)21(3,4)5;1-5(2,6)4-7-3;1-4(2)3-5-4;1-2;/h2*9-12,16H,13-14H2,1-8H3;6H,4H2,1-3H3;3H2,1-2H3;2H,1H3;1H4. The summed E-state index contributed by atoms with van der Waals surface area (Å²) >= 11 is 0. The molecule has 0 amide bonds. The lowest BCUT2D eigenvalue weighted by Gasteiger charge is -2.39. The fraction of sp³-hybridized carbons (Fsp3) is 0.673. The van der Waals surface area contributed by atoms with Crippen molar-refractivity contribution in [2.45, 2.75) is 168 Å². The third kappa shape index (κ3) is 19.4. The number of aliphatic hydroxyl groups is 2. The smallest absolute Gasteiger partial charge is 0.147 e. The molecule has 0 spiro atoms. The third-order valence-corrected chi connectivity index (χ3v) is 13.3. The molecule has 2 atom stereocenters. The molecule has 1 aliphatic rings. The zero-order valence-electron chi connectivity index (χ0n) is 44.3. The van der Waals surface area contributed by atoms with Crippen LogP contribution in [0.1, 0.15) is 166 Å². The van der Waals surface area contributed by atoms with E-state index in [2.05, 4.69) is 137 Å². The molecular weight excluding hydrogens is 817 g/mol. The second-order valence-electron chi connectivity index (χ2n) is 22.3. The molecule has 2 N–H and O–H groups in total. The van der Waals surface area contributed by atoms with Crippen LogP contribution in [0.3, 0.4) is 0 Å². The number of rotatable bonds is 14. The zero-order valence-corrected chi connectivity index (χ0v) is 44.3. The highest BCUT2D eigenvalue weighted by molar-refractivity contribution is 5.84. The summed E-state index contributed by atoms with van der Waals surface area (Å²) < 4.78 is 21.7. The number of methoxy groups -OCH3 is 1. The van der Waals surface area contributed by atoms with Gasteiger partial charge < -0.3 is 28.5 Å². The molecule has 5 rings (SSSR count). The number of Topliss-reactive ketones (excluding diaryl/α,β-unsaturated/α-hetero) is 2. The molecule has 2 aromatic heterocycles. The molecule has 1 saturated heterocycles. The van der Waals surface area contributed by atoms with Crippen LogP contribution in [-0.2, 0) is 19.1 Å². The molecule has 0 aliphatic carbocycles. The summed E-state index contributed by atoms with van der Waals surface area (Å²) in [7, 11) is 6.57. The van der Waals surface area contributed by atoms with Gasteiger partial charge in [0, 0.05) is 37.8 Å². The Kier molecular flexibility index (Phi) is 23.8. The van der Waals surface area contributed by atoms with Crippen LogP contribution in [0, 0.1) is 35.5 Å². The van der Waals surface area contributed by atoms with Gasteiger partial charge in [-0.1, -0.05) is 113 Å². The first-order valence-electron chi connectivity index (χ1n) is 22.8. The normalized spacial score (nSPS) is 14.7. The Morgan fingerprint density at radius 3 is 1.18 bits per heavy atom. The molecule has 4 aromatic rings. The van der Waals surface area contributed by atoms with Crippen LogP contribution >= 0.6 is 0 Å². The lowest BCUT2D eigenvalue weighted by atomic mass is 9.66. The van der Waals surface area contributed by atoms with Gasteiger partial charge >= 0.3 is 0 Å². The molecule has 10 heteroatoms. The van der Waals surface area contributed by atoms with Crippen LogP contribution < -0.4 is 0 Å². The number of hydrogen-bond donors (Lipinski definition) is 2. The Bertz CT molecular complexity index is 1900. The summed E-state index contributed by atoms with van der Waals surface area (Å²) in [6, 6.07) is 16.3. The van der Waals surface area contributed by atoms with E-state index in [1.54, 1.807) is 21.0 Å². The first-order valence-corrected chi connectivity index (χ1v) is 22.8. The predicted molar refractivity (Wildman–Crippen MR) is 273 cm³/mol. The average Bonchev–Trinajstić information content (AvgIpc) is 3.61. The van der Waals surface area contributed by atoms with Crippen LogP contribution in [-0.4, -0.2) is 97.4 Å². The van der Waals surface area contributed by atoms with Gasteiger partial charge in [-0.15, -0.1) is 0 Å². The number of nitrogens with zero attached hydrogens (tertiary/aromatic N) is 2. The number of hydrogen-bond acceptors (Lipinski definition) is 10. The monoisotopic (exact) mass is 911 g/mol. The molecule has 372 valence electrons. The number of carbonyl (C=O) groups excluding carboxylic acids is 2. The molecule has 65 heavy (non-hydrogen) atoms. The number of fused-ring (bicyclic) bond motifs is 2. The number of likely N-dealkylation sites (N-methyl/N-ethyl adjacent to an activating group) is 2. The fourth-order valence-electron chi connectivity index (χ4n) is 6.54. The lowest BCUT2D eigenvalue weighted by Crippen LogP contribution is -2.36. The Morgan fingerprint density at radius 1 is 0.677 bits per heavy atom. The van der Waals surface area contributed by atoms with Crippen LogP contribution in [0.5, 0.6) is 0 Å². The second-order valence-corrected chi connectivity index (χ2v) is 22.3. The van der Waals surface area contributed by atoms with Crippen LogP contribution in [0.25, 0.3) is 21.9 Å². The van der Waals surface area contributed by atoms with Crippen molar-refractivity contribution in [2.24, 2.45) is 21.7 Å². The lowest BCUT2D eigenvalue weighted by molar-refractivity contribution is -0.124. The average molecular weight is 911 g/mol. The van der Waals surface area contributed by atoms with E-state index in [4.69, 9.17) is 23.8 Å². The number of aliphatic hydroxyl groups excluding tert-OH is 1. The van der Waals surface area contributed by atoms with E-state index in [-0.39, 0.29) is 58.3 Å². The maximum absolute atomic E-state index is 12.6. The summed E-state index contributed by atoms with van der Waals surface area (Å²) in [6.07, 6.45) is 1.18. The van der Waals surface area contributed by atoms with Gasteiger partial charge in [0.25, 0.3) is 0 Å². The van der Waals surface area contributed by atoms with Crippen molar-refractivity contribution < 1.29 is 38.1 Å². The molecule has 1 aliphatic heterocycles. The van der Waals surface area contributed by atoms with E-state index in [1.807, 2.05) is 50.5 Å². The molecule has 10 nitrogen and oxygen atoms in total. The molecule has 0 saturated carbocycles. The Hall–Kier alpha value is -3.38. The van der Waals surface area contributed by atoms with Crippen molar-refractivity contribution in [3.8, 4) is 0 Å². The van der Waals surface area contributed by atoms with Crippen LogP contribution in [0.4, 0.5) is 0 Å². The van der Waals surface area contributed by atoms with Gasteiger partial charge in [0.15, 0.2) is 0 Å². The first kappa shape index (κ1) is 61.6. The molecule has 2 unspecified atom stereocenters. The third-order valence-electron chi connectivity index (χ3n) is 13.3. The van der Waals surface area contributed by atoms with Crippen molar-refractivity contribution in [3.63, 3.8) is 0 Å². The number of aryl methyl sites for hydroxylation is 2. The highest BCUT2D eigenvalue weighted by Crippen LogP contribution is 2.42. The highest BCUT2D eigenvalue weighted by Gasteiger charge is 2.36. The van der Waals surface area contributed by atoms with E-state index in [0.717, 1.165) is 58.3 Å². The van der Waals surface area contributed by atoms with Gasteiger partial charge in [0.05, 0.1) is 49.6 Å². The van der Waals surface area contributed by atoms with E-state index in [9.17, 15) is 9.59 Å². The molecule has 3 heterocycles. The minimum Gasteiger partial charge on any atom is -0.459 e. The van der Waals surface area contributed by atoms with E-state index in [1.165, 1.54) is 0 Å². The molecule has 1 fully saturated rings. The zero-order chi connectivity index (χ0) is 49.8. The quantitative estimate of drug-likeness (QED) is 0.118. The van der Waals surface area contributed by atoms with Crippen molar-refractivity contribution in [1.82, 2.24) is 9.80 Å². The summed E-state index contributed by atoms with van der Waals surface area (Å²) in [6.45, 7) is 40.1. The minimum atomic E-state index is -0.672. The van der Waals surface area contributed by atoms with Gasteiger partial charge in [0.1, 0.15) is 34.3 Å². The van der Waals surface area contributed by atoms with Crippen LogP contribution in [0.2, 0.25) is 0 Å². The summed E-state index contributed by atoms with van der Waals surface area (Å²) in [5.41, 5.74) is 3.88. The van der Waals surface area contributed by atoms with Gasteiger partial charge in [-0.2, -0.15) is 0 Å². The molecule has 0 radical (unpaired) electrons. The van der Waals surface area contributed by atoms with Crippen molar-refractivity contribution >= 4 is 33.5 Å². The number of ketones is 2. The molecular formula is C55H94N2O8. The molecule has 0 bridgehead atoms. The van der Waals surface area contributed by atoms with Gasteiger partial charge in [-0.05, 0) is 114 Å². The number of para-hydroxylation sites is 2. The summed E-state index contributed by atoms with van der Waals surface area (Å²) in [5, 5.41) is 18.2. The largest absolute Gasteiger partial charge is 0.459 e. The fourth-order valence-corrected chi connectivity index (χ4v) is 6.54. The summed E-state index contributed by atoms with van der Waals surface area (Å²) in [4.78, 5) is 29.5. The van der Waals surface area contributed by atoms with Crippen molar-refractivity contribution in [2.75, 3.05) is 54.6 Å². The second kappa shape index (κ2) is 25.1. The van der Waals surface area contributed by atoms with E-state index >= 15 is 0 Å². The molecule has 2 aromatic carbocycles. The predicted octanol–water partition coefficient (Wildman–Crippen LogP) is 13.0. The number of ether oxygens (including phenoxy) is 2.